The predicted octanol–water partition coefficient (Wildman–Crippen LogP) is 2.19. The van der Waals surface area contributed by atoms with Crippen LogP contribution in [0.5, 0.6) is 0 Å². The Kier molecular flexibility index (Phi) is 2.69. The van der Waals surface area contributed by atoms with Gasteiger partial charge in [-0.25, -0.2) is 0 Å². The van der Waals surface area contributed by atoms with Crippen LogP contribution >= 0.6 is 0 Å². The van der Waals surface area contributed by atoms with Crippen molar-refractivity contribution < 1.29 is 4.79 Å². The number of hydrogen-bond donors (Lipinski definition) is 1. The Balaban J connectivity index is 2.50. The van der Waals surface area contributed by atoms with E-state index in [4.69, 9.17) is 0 Å². The van der Waals surface area contributed by atoms with Gasteiger partial charge in [0.2, 0.25) is 5.91 Å². The van der Waals surface area contributed by atoms with E-state index in [9.17, 15) is 4.79 Å². The van der Waals surface area contributed by atoms with Crippen molar-refractivity contribution in [3.63, 3.8) is 0 Å². The Morgan fingerprint density at radius 1 is 1.38 bits per heavy atom. The quantitative estimate of drug-likeness (QED) is 0.653. The molecule has 0 aromatic carbocycles. The summed E-state index contributed by atoms with van der Waals surface area (Å²) in [6, 6.07) is 0.410. The number of nitrogens with one attached hydrogen (secondary N) is 1. The summed E-state index contributed by atoms with van der Waals surface area (Å²) in [6.07, 6.45) is 1.08. The monoisotopic (exact) mass is 183 g/mol. The predicted molar refractivity (Wildman–Crippen MR) is 54.3 cm³/mol. The van der Waals surface area contributed by atoms with E-state index in [0.717, 1.165) is 6.42 Å². The lowest BCUT2D eigenvalue weighted by molar-refractivity contribution is -0.138. The molecule has 2 heteroatoms. The van der Waals surface area contributed by atoms with E-state index in [1.54, 1.807) is 0 Å². The summed E-state index contributed by atoms with van der Waals surface area (Å²) in [5, 5.41) is 2.99. The summed E-state index contributed by atoms with van der Waals surface area (Å²) in [6.45, 7) is 10.9. The lowest BCUT2D eigenvalue weighted by Crippen LogP contribution is -2.60. The van der Waals surface area contributed by atoms with Gasteiger partial charge in [0.15, 0.2) is 0 Å². The molecule has 0 bridgehead atoms. The summed E-state index contributed by atoms with van der Waals surface area (Å²) in [5.41, 5.74) is 0.311. The van der Waals surface area contributed by atoms with Gasteiger partial charge in [-0.1, -0.05) is 34.6 Å². The first-order valence-electron chi connectivity index (χ1n) is 5.11. The highest BCUT2D eigenvalue weighted by Crippen LogP contribution is 2.32. The highest BCUT2D eigenvalue weighted by molar-refractivity contribution is 5.86. The van der Waals surface area contributed by atoms with Gasteiger partial charge in [0.1, 0.15) is 0 Å². The van der Waals surface area contributed by atoms with Crippen LogP contribution in [-0.4, -0.2) is 11.9 Å². The number of carbonyl (C=O) groups excluding carboxylic acids is 1. The lowest BCUT2D eigenvalue weighted by atomic mass is 9.74. The zero-order chi connectivity index (χ0) is 10.2. The van der Waals surface area contributed by atoms with Gasteiger partial charge >= 0.3 is 0 Å². The molecule has 0 aliphatic carbocycles. The van der Waals surface area contributed by atoms with E-state index in [1.807, 2.05) is 0 Å². The molecule has 2 atom stereocenters. The second-order valence-corrected chi connectivity index (χ2v) is 5.65. The van der Waals surface area contributed by atoms with Gasteiger partial charge in [0, 0.05) is 6.04 Å². The first-order valence-corrected chi connectivity index (χ1v) is 5.11. The van der Waals surface area contributed by atoms with Gasteiger partial charge in [0.05, 0.1) is 5.92 Å². The van der Waals surface area contributed by atoms with Gasteiger partial charge in [-0.15, -0.1) is 0 Å². The molecule has 0 radical (unpaired) electrons. The van der Waals surface area contributed by atoms with Crippen LogP contribution in [0.2, 0.25) is 0 Å². The third kappa shape index (κ3) is 2.45. The largest absolute Gasteiger partial charge is 0.352 e. The maximum absolute atomic E-state index is 11.3. The molecule has 2 unspecified atom stereocenters. The van der Waals surface area contributed by atoms with Crippen LogP contribution < -0.4 is 5.32 Å². The number of hydrogen-bond acceptors (Lipinski definition) is 1. The Labute approximate surface area is 81.1 Å². The summed E-state index contributed by atoms with van der Waals surface area (Å²) in [7, 11) is 0. The molecule has 2 nitrogen and oxygen atoms in total. The zero-order valence-corrected chi connectivity index (χ0v) is 9.35. The van der Waals surface area contributed by atoms with E-state index in [0.29, 0.717) is 17.4 Å². The standard InChI is InChI=1S/C11H21NO/c1-7(2)9-8(12-10(9)13)6-11(3,4)5/h7-9H,6H2,1-5H3,(H,12,13). The lowest BCUT2D eigenvalue weighted by Gasteiger charge is -2.42. The first-order chi connectivity index (χ1) is 5.81. The Bertz CT molecular complexity index is 203. The van der Waals surface area contributed by atoms with Crippen molar-refractivity contribution in [3.05, 3.63) is 0 Å². The average molecular weight is 183 g/mol. The maximum Gasteiger partial charge on any atom is 0.225 e. The van der Waals surface area contributed by atoms with Crippen molar-refractivity contribution in [3.8, 4) is 0 Å². The van der Waals surface area contributed by atoms with Crippen molar-refractivity contribution in [1.29, 1.82) is 0 Å². The third-order valence-electron chi connectivity index (χ3n) is 2.61. The average Bonchev–Trinajstić information content (AvgIpc) is 1.80. The van der Waals surface area contributed by atoms with Gasteiger partial charge in [0.25, 0.3) is 0 Å². The molecule has 0 aromatic rings. The minimum atomic E-state index is 0.240. The first kappa shape index (κ1) is 10.6. The van der Waals surface area contributed by atoms with Crippen molar-refractivity contribution in [1.82, 2.24) is 5.32 Å². The summed E-state index contributed by atoms with van der Waals surface area (Å²) < 4.78 is 0. The van der Waals surface area contributed by atoms with Gasteiger partial charge in [-0.05, 0) is 17.8 Å². The molecule has 1 aliphatic heterocycles. The molecule has 1 amide bonds. The normalized spacial score (nSPS) is 28.6. The van der Waals surface area contributed by atoms with E-state index in [1.165, 1.54) is 0 Å². The van der Waals surface area contributed by atoms with Crippen LogP contribution in [0.25, 0.3) is 0 Å². The summed E-state index contributed by atoms with van der Waals surface area (Å²) in [4.78, 5) is 11.3. The van der Waals surface area contributed by atoms with Crippen LogP contribution in [0, 0.1) is 17.3 Å². The molecular weight excluding hydrogens is 162 g/mol. The summed E-state index contributed by atoms with van der Waals surface area (Å²) in [5.74, 6) is 0.963. The van der Waals surface area contributed by atoms with Crippen molar-refractivity contribution in [2.45, 2.75) is 47.1 Å². The highest BCUT2D eigenvalue weighted by Gasteiger charge is 2.42. The van der Waals surface area contributed by atoms with E-state index in [-0.39, 0.29) is 11.8 Å². The van der Waals surface area contributed by atoms with Gasteiger partial charge in [-0.3, -0.25) is 4.79 Å². The molecule has 1 fully saturated rings. The van der Waals surface area contributed by atoms with Crippen molar-refractivity contribution in [2.24, 2.45) is 17.3 Å². The van der Waals surface area contributed by atoms with E-state index in [2.05, 4.69) is 39.9 Å². The molecular formula is C11H21NO. The molecule has 1 heterocycles. The van der Waals surface area contributed by atoms with Crippen LogP contribution in [0.15, 0.2) is 0 Å². The van der Waals surface area contributed by atoms with Crippen molar-refractivity contribution in [2.75, 3.05) is 0 Å². The van der Waals surface area contributed by atoms with Crippen LogP contribution in [0.1, 0.15) is 41.0 Å². The Morgan fingerprint density at radius 3 is 2.23 bits per heavy atom. The van der Waals surface area contributed by atoms with Gasteiger partial charge < -0.3 is 5.32 Å². The molecule has 1 rings (SSSR count). The number of carbonyl (C=O) groups is 1. The molecule has 1 N–H and O–H groups in total. The molecule has 76 valence electrons. The molecule has 13 heavy (non-hydrogen) atoms. The maximum atomic E-state index is 11.3. The number of rotatable bonds is 2. The second-order valence-electron chi connectivity index (χ2n) is 5.65. The third-order valence-corrected chi connectivity index (χ3v) is 2.61. The highest BCUT2D eigenvalue weighted by atomic mass is 16.2. The minimum absolute atomic E-state index is 0.240. The van der Waals surface area contributed by atoms with Gasteiger partial charge in [-0.2, -0.15) is 0 Å². The molecule has 1 saturated heterocycles. The zero-order valence-electron chi connectivity index (χ0n) is 9.35. The second kappa shape index (κ2) is 3.32. The fraction of sp³-hybridized carbons (Fsp3) is 0.909. The fourth-order valence-electron chi connectivity index (χ4n) is 2.06. The van der Waals surface area contributed by atoms with Crippen LogP contribution in [-0.2, 0) is 4.79 Å². The number of β-lactam (4-membered cyclic amide) rings is 1. The molecule has 0 saturated carbocycles. The SMILES string of the molecule is CC(C)C1C(=O)NC1CC(C)(C)C. The topological polar surface area (TPSA) is 29.1 Å². The molecule has 1 aliphatic rings. The van der Waals surface area contributed by atoms with Crippen LogP contribution in [0.3, 0.4) is 0 Å². The van der Waals surface area contributed by atoms with Crippen LogP contribution in [0.4, 0.5) is 0 Å². The fourth-order valence-corrected chi connectivity index (χ4v) is 2.06. The summed E-state index contributed by atoms with van der Waals surface area (Å²) >= 11 is 0. The Morgan fingerprint density at radius 2 is 1.92 bits per heavy atom. The minimum Gasteiger partial charge on any atom is -0.352 e. The smallest absolute Gasteiger partial charge is 0.225 e. The Hall–Kier alpha value is -0.530. The van der Waals surface area contributed by atoms with E-state index < -0.39 is 0 Å². The molecule has 0 aromatic heterocycles. The van der Waals surface area contributed by atoms with Crippen molar-refractivity contribution >= 4 is 5.91 Å². The number of amides is 1. The molecule has 0 spiro atoms. The van der Waals surface area contributed by atoms with E-state index >= 15 is 0 Å².